The number of hydrogen-bond acceptors (Lipinski definition) is 4. The zero-order valence-corrected chi connectivity index (χ0v) is 10.5. The summed E-state index contributed by atoms with van der Waals surface area (Å²) in [5, 5.41) is 3.86. The van der Waals surface area contributed by atoms with E-state index in [0.29, 0.717) is 5.89 Å². The molecule has 1 aromatic carbocycles. The van der Waals surface area contributed by atoms with Crippen LogP contribution in [0.5, 0.6) is 0 Å². The molecule has 0 aliphatic carbocycles. The topological polar surface area (TPSA) is 38.9 Å². The van der Waals surface area contributed by atoms with E-state index in [1.54, 1.807) is 18.7 Å². The molecule has 0 amide bonds. The molecule has 2 rings (SSSR count). The standard InChI is InChI=1S/C12H14N2OS/c1-8-4-5-11(6-9(8)2)16-7-12-13-10(3)15-14-12/h4-6H,7H2,1-3H3. The van der Waals surface area contributed by atoms with E-state index in [4.69, 9.17) is 4.52 Å². The van der Waals surface area contributed by atoms with Gasteiger partial charge in [-0.15, -0.1) is 11.8 Å². The minimum Gasteiger partial charge on any atom is -0.340 e. The molecule has 0 spiro atoms. The molecular weight excluding hydrogens is 220 g/mol. The smallest absolute Gasteiger partial charge is 0.223 e. The lowest BCUT2D eigenvalue weighted by molar-refractivity contribution is 0.389. The lowest BCUT2D eigenvalue weighted by Crippen LogP contribution is -1.85. The van der Waals surface area contributed by atoms with Crippen LogP contribution in [0, 0.1) is 20.8 Å². The molecule has 0 aliphatic rings. The van der Waals surface area contributed by atoms with Crippen molar-refractivity contribution in [2.75, 3.05) is 0 Å². The first kappa shape index (κ1) is 11.2. The van der Waals surface area contributed by atoms with Crippen LogP contribution in [0.4, 0.5) is 0 Å². The average molecular weight is 234 g/mol. The second-order valence-corrected chi connectivity index (χ2v) is 4.81. The number of hydrogen-bond donors (Lipinski definition) is 0. The predicted molar refractivity (Wildman–Crippen MR) is 64.5 cm³/mol. The van der Waals surface area contributed by atoms with Crippen LogP contribution >= 0.6 is 11.8 Å². The van der Waals surface area contributed by atoms with Gasteiger partial charge in [0.15, 0.2) is 5.82 Å². The van der Waals surface area contributed by atoms with E-state index < -0.39 is 0 Å². The second-order valence-electron chi connectivity index (χ2n) is 3.76. The fourth-order valence-corrected chi connectivity index (χ4v) is 2.19. The molecule has 1 heterocycles. The van der Waals surface area contributed by atoms with Gasteiger partial charge in [-0.3, -0.25) is 0 Å². The Labute approximate surface area is 99.3 Å². The Bertz CT molecular complexity index is 494. The van der Waals surface area contributed by atoms with Crippen molar-refractivity contribution in [1.82, 2.24) is 10.1 Å². The van der Waals surface area contributed by atoms with Gasteiger partial charge in [-0.05, 0) is 37.1 Å². The largest absolute Gasteiger partial charge is 0.340 e. The molecule has 3 nitrogen and oxygen atoms in total. The fraction of sp³-hybridized carbons (Fsp3) is 0.333. The Balaban J connectivity index is 2.02. The van der Waals surface area contributed by atoms with Crippen molar-refractivity contribution >= 4 is 11.8 Å². The van der Waals surface area contributed by atoms with Crippen molar-refractivity contribution in [1.29, 1.82) is 0 Å². The molecule has 2 aromatic rings. The third kappa shape index (κ3) is 2.64. The maximum absolute atomic E-state index is 4.92. The zero-order valence-electron chi connectivity index (χ0n) is 9.65. The normalized spacial score (nSPS) is 10.7. The highest BCUT2D eigenvalue weighted by Crippen LogP contribution is 2.23. The third-order valence-corrected chi connectivity index (χ3v) is 3.41. The highest BCUT2D eigenvalue weighted by molar-refractivity contribution is 7.98. The van der Waals surface area contributed by atoms with Gasteiger partial charge in [-0.2, -0.15) is 4.98 Å². The molecule has 0 aliphatic heterocycles. The maximum atomic E-state index is 4.92. The van der Waals surface area contributed by atoms with E-state index >= 15 is 0 Å². The van der Waals surface area contributed by atoms with E-state index in [2.05, 4.69) is 42.2 Å². The van der Waals surface area contributed by atoms with Crippen molar-refractivity contribution in [3.63, 3.8) is 0 Å². The summed E-state index contributed by atoms with van der Waals surface area (Å²) >= 11 is 1.72. The van der Waals surface area contributed by atoms with E-state index in [1.165, 1.54) is 16.0 Å². The van der Waals surface area contributed by atoms with E-state index in [1.807, 2.05) is 0 Å². The van der Waals surface area contributed by atoms with Gasteiger partial charge >= 0.3 is 0 Å². The quantitative estimate of drug-likeness (QED) is 0.764. The Morgan fingerprint density at radius 2 is 2.00 bits per heavy atom. The Morgan fingerprint density at radius 1 is 1.19 bits per heavy atom. The molecular formula is C12H14N2OS. The van der Waals surface area contributed by atoms with Crippen molar-refractivity contribution in [2.45, 2.75) is 31.4 Å². The molecule has 4 heteroatoms. The zero-order chi connectivity index (χ0) is 11.5. The minimum absolute atomic E-state index is 0.621. The van der Waals surface area contributed by atoms with Crippen molar-refractivity contribution in [3.05, 3.63) is 41.0 Å². The van der Waals surface area contributed by atoms with Gasteiger partial charge in [0.1, 0.15) is 0 Å². The maximum Gasteiger partial charge on any atom is 0.223 e. The van der Waals surface area contributed by atoms with Crippen LogP contribution in [0.25, 0.3) is 0 Å². The number of aromatic nitrogens is 2. The first-order valence-corrected chi connectivity index (χ1v) is 6.13. The van der Waals surface area contributed by atoms with E-state index in [9.17, 15) is 0 Å². The number of benzene rings is 1. The van der Waals surface area contributed by atoms with E-state index in [-0.39, 0.29) is 0 Å². The number of aryl methyl sites for hydroxylation is 3. The monoisotopic (exact) mass is 234 g/mol. The Morgan fingerprint density at radius 3 is 2.62 bits per heavy atom. The SMILES string of the molecule is Cc1nc(CSc2ccc(C)c(C)c2)no1. The van der Waals surface area contributed by atoms with Gasteiger partial charge in [0, 0.05) is 11.8 Å². The molecule has 0 saturated heterocycles. The lowest BCUT2D eigenvalue weighted by Gasteiger charge is -2.03. The Kier molecular flexibility index (Phi) is 3.29. The van der Waals surface area contributed by atoms with Crippen LogP contribution in [-0.4, -0.2) is 10.1 Å². The number of nitrogens with zero attached hydrogens (tertiary/aromatic N) is 2. The highest BCUT2D eigenvalue weighted by atomic mass is 32.2. The highest BCUT2D eigenvalue weighted by Gasteiger charge is 2.03. The van der Waals surface area contributed by atoms with Crippen LogP contribution in [-0.2, 0) is 5.75 Å². The molecule has 0 radical (unpaired) electrons. The van der Waals surface area contributed by atoms with Gasteiger partial charge < -0.3 is 4.52 Å². The molecule has 0 saturated carbocycles. The van der Waals surface area contributed by atoms with Crippen LogP contribution in [0.2, 0.25) is 0 Å². The predicted octanol–water partition coefficient (Wildman–Crippen LogP) is 3.29. The third-order valence-electron chi connectivity index (χ3n) is 2.42. The summed E-state index contributed by atoms with van der Waals surface area (Å²) in [6.07, 6.45) is 0. The van der Waals surface area contributed by atoms with Crippen molar-refractivity contribution in [3.8, 4) is 0 Å². The molecule has 0 fully saturated rings. The number of rotatable bonds is 3. The Hall–Kier alpha value is -1.29. The molecule has 84 valence electrons. The van der Waals surface area contributed by atoms with Gasteiger partial charge in [0.25, 0.3) is 0 Å². The van der Waals surface area contributed by atoms with Crippen molar-refractivity contribution in [2.24, 2.45) is 0 Å². The second kappa shape index (κ2) is 4.70. The molecule has 0 N–H and O–H groups in total. The first-order valence-electron chi connectivity index (χ1n) is 5.14. The fourth-order valence-electron chi connectivity index (χ4n) is 1.35. The van der Waals surface area contributed by atoms with Gasteiger partial charge in [0.2, 0.25) is 5.89 Å². The summed E-state index contributed by atoms with van der Waals surface area (Å²) in [5.74, 6) is 2.12. The minimum atomic E-state index is 0.621. The van der Waals surface area contributed by atoms with Crippen LogP contribution in [0.3, 0.4) is 0 Å². The summed E-state index contributed by atoms with van der Waals surface area (Å²) in [5.41, 5.74) is 2.63. The van der Waals surface area contributed by atoms with Crippen LogP contribution < -0.4 is 0 Å². The summed E-state index contributed by atoms with van der Waals surface area (Å²) in [6.45, 7) is 6.04. The summed E-state index contributed by atoms with van der Waals surface area (Å²) in [6, 6.07) is 6.45. The average Bonchev–Trinajstić information content (AvgIpc) is 2.66. The molecule has 16 heavy (non-hydrogen) atoms. The molecule has 0 bridgehead atoms. The van der Waals surface area contributed by atoms with Crippen LogP contribution in [0.1, 0.15) is 22.8 Å². The summed E-state index contributed by atoms with van der Waals surface area (Å²) in [4.78, 5) is 5.41. The van der Waals surface area contributed by atoms with Gasteiger partial charge in [-0.1, -0.05) is 11.2 Å². The molecule has 0 unspecified atom stereocenters. The number of thioether (sulfide) groups is 1. The van der Waals surface area contributed by atoms with Crippen LogP contribution in [0.15, 0.2) is 27.6 Å². The molecule has 1 aromatic heterocycles. The molecule has 0 atom stereocenters. The lowest BCUT2D eigenvalue weighted by atomic mass is 10.1. The summed E-state index contributed by atoms with van der Waals surface area (Å²) < 4.78 is 4.92. The summed E-state index contributed by atoms with van der Waals surface area (Å²) in [7, 11) is 0. The van der Waals surface area contributed by atoms with E-state index in [0.717, 1.165) is 11.6 Å². The van der Waals surface area contributed by atoms with Gasteiger partial charge in [0.05, 0.1) is 5.75 Å². The van der Waals surface area contributed by atoms with Gasteiger partial charge in [-0.25, -0.2) is 0 Å². The first-order chi connectivity index (χ1) is 7.65. The van der Waals surface area contributed by atoms with Crippen molar-refractivity contribution < 1.29 is 4.52 Å².